The SMILES string of the molecule is CCCCCCCCCC(NN)c1cc(Cl)ccc1F. The van der Waals surface area contributed by atoms with Gasteiger partial charge in [-0.05, 0) is 24.6 Å². The number of hydrogen-bond acceptors (Lipinski definition) is 2. The zero-order chi connectivity index (χ0) is 14.8. The molecule has 0 aliphatic carbocycles. The molecule has 0 aliphatic heterocycles. The Balaban J connectivity index is 2.34. The first-order valence-corrected chi connectivity index (χ1v) is 7.98. The molecule has 3 N–H and O–H groups in total. The molecular weight excluding hydrogens is 275 g/mol. The van der Waals surface area contributed by atoms with Gasteiger partial charge in [-0.15, -0.1) is 0 Å². The van der Waals surface area contributed by atoms with Crippen LogP contribution < -0.4 is 11.3 Å². The van der Waals surface area contributed by atoms with E-state index in [1.807, 2.05) is 0 Å². The zero-order valence-corrected chi connectivity index (χ0v) is 13.1. The number of halogens is 2. The maximum Gasteiger partial charge on any atom is 0.128 e. The number of hydrazine groups is 1. The molecule has 1 aromatic carbocycles. The van der Waals surface area contributed by atoms with Crippen LogP contribution in [0.2, 0.25) is 5.02 Å². The Morgan fingerprint density at radius 1 is 1.15 bits per heavy atom. The van der Waals surface area contributed by atoms with Gasteiger partial charge in [0.15, 0.2) is 0 Å². The van der Waals surface area contributed by atoms with Crippen LogP contribution in [0, 0.1) is 5.82 Å². The molecule has 0 bridgehead atoms. The number of hydrogen-bond donors (Lipinski definition) is 2. The molecule has 1 aromatic rings. The van der Waals surface area contributed by atoms with Gasteiger partial charge in [0, 0.05) is 16.6 Å². The van der Waals surface area contributed by atoms with Gasteiger partial charge in [-0.1, -0.05) is 63.5 Å². The molecule has 0 spiro atoms. The highest BCUT2D eigenvalue weighted by Gasteiger charge is 2.14. The van der Waals surface area contributed by atoms with Crippen LogP contribution in [0.5, 0.6) is 0 Å². The summed E-state index contributed by atoms with van der Waals surface area (Å²) < 4.78 is 13.8. The van der Waals surface area contributed by atoms with Crippen LogP contribution in [0.1, 0.15) is 69.9 Å². The minimum absolute atomic E-state index is 0.163. The van der Waals surface area contributed by atoms with Gasteiger partial charge < -0.3 is 0 Å². The van der Waals surface area contributed by atoms with Crippen molar-refractivity contribution in [2.45, 2.75) is 64.3 Å². The Bertz CT molecular complexity index is 385. The molecule has 0 aliphatic rings. The molecule has 4 heteroatoms. The molecule has 2 nitrogen and oxygen atoms in total. The Hall–Kier alpha value is -0.640. The van der Waals surface area contributed by atoms with Crippen molar-refractivity contribution in [1.29, 1.82) is 0 Å². The third-order valence-corrected chi connectivity index (χ3v) is 3.87. The standard InChI is InChI=1S/C16H26ClFN2/c1-2-3-4-5-6-7-8-9-16(20-19)14-12-13(17)10-11-15(14)18/h10-12,16,20H,2-9,19H2,1H3. The predicted octanol–water partition coefficient (Wildman–Crippen LogP) is 5.12. The van der Waals surface area contributed by atoms with E-state index in [-0.39, 0.29) is 11.9 Å². The molecule has 0 heterocycles. The largest absolute Gasteiger partial charge is 0.271 e. The first-order chi connectivity index (χ1) is 9.69. The van der Waals surface area contributed by atoms with Crippen molar-refractivity contribution in [2.75, 3.05) is 0 Å². The third-order valence-electron chi connectivity index (χ3n) is 3.63. The molecule has 0 radical (unpaired) electrons. The Morgan fingerprint density at radius 3 is 2.45 bits per heavy atom. The molecule has 0 fully saturated rings. The second kappa shape index (κ2) is 10.1. The number of benzene rings is 1. The van der Waals surface area contributed by atoms with E-state index in [4.69, 9.17) is 17.4 Å². The smallest absolute Gasteiger partial charge is 0.128 e. The van der Waals surface area contributed by atoms with Gasteiger partial charge in [0.05, 0.1) is 0 Å². The van der Waals surface area contributed by atoms with Gasteiger partial charge >= 0.3 is 0 Å². The maximum atomic E-state index is 13.8. The fourth-order valence-electron chi connectivity index (χ4n) is 2.42. The summed E-state index contributed by atoms with van der Waals surface area (Å²) in [4.78, 5) is 0. The summed E-state index contributed by atoms with van der Waals surface area (Å²) in [5.41, 5.74) is 3.26. The molecule has 0 aromatic heterocycles. The van der Waals surface area contributed by atoms with Crippen LogP contribution in [0.3, 0.4) is 0 Å². The van der Waals surface area contributed by atoms with E-state index in [0.717, 1.165) is 12.8 Å². The summed E-state index contributed by atoms with van der Waals surface area (Å²) in [6.45, 7) is 2.22. The fraction of sp³-hybridized carbons (Fsp3) is 0.625. The maximum absolute atomic E-state index is 13.8. The van der Waals surface area contributed by atoms with Crippen LogP contribution >= 0.6 is 11.6 Å². The summed E-state index contributed by atoms with van der Waals surface area (Å²) in [7, 11) is 0. The summed E-state index contributed by atoms with van der Waals surface area (Å²) in [5.74, 6) is 5.29. The van der Waals surface area contributed by atoms with Crippen LogP contribution in [0.4, 0.5) is 4.39 Å². The average Bonchev–Trinajstić information content (AvgIpc) is 2.45. The van der Waals surface area contributed by atoms with Gasteiger partial charge in [0.1, 0.15) is 5.82 Å². The second-order valence-corrected chi connectivity index (χ2v) is 5.73. The normalized spacial score (nSPS) is 12.6. The topological polar surface area (TPSA) is 38.0 Å². The molecule has 114 valence electrons. The van der Waals surface area contributed by atoms with Crippen molar-refractivity contribution in [3.05, 3.63) is 34.6 Å². The lowest BCUT2D eigenvalue weighted by molar-refractivity contribution is 0.457. The first kappa shape index (κ1) is 17.4. The van der Waals surface area contributed by atoms with Crippen molar-refractivity contribution in [3.8, 4) is 0 Å². The van der Waals surface area contributed by atoms with Crippen LogP contribution in [0.15, 0.2) is 18.2 Å². The molecular formula is C16H26ClFN2. The van der Waals surface area contributed by atoms with Crippen molar-refractivity contribution in [3.63, 3.8) is 0 Å². The summed E-state index contributed by atoms with van der Waals surface area (Å²) in [6, 6.07) is 4.45. The van der Waals surface area contributed by atoms with E-state index in [2.05, 4.69) is 12.3 Å². The predicted molar refractivity (Wildman–Crippen MR) is 84.1 cm³/mol. The number of nitrogens with one attached hydrogen (secondary N) is 1. The molecule has 20 heavy (non-hydrogen) atoms. The summed E-state index contributed by atoms with van der Waals surface area (Å²) in [5, 5.41) is 0.543. The first-order valence-electron chi connectivity index (χ1n) is 7.60. The molecule has 1 unspecified atom stereocenters. The summed E-state index contributed by atoms with van der Waals surface area (Å²) >= 11 is 5.91. The van der Waals surface area contributed by atoms with Crippen molar-refractivity contribution in [1.82, 2.24) is 5.43 Å². The zero-order valence-electron chi connectivity index (χ0n) is 12.3. The Morgan fingerprint density at radius 2 is 1.80 bits per heavy atom. The number of rotatable bonds is 10. The Labute approximate surface area is 126 Å². The number of nitrogens with two attached hydrogens (primary N) is 1. The monoisotopic (exact) mass is 300 g/mol. The van der Waals surface area contributed by atoms with Crippen LogP contribution in [-0.4, -0.2) is 0 Å². The van der Waals surface area contributed by atoms with Crippen LogP contribution in [0.25, 0.3) is 0 Å². The van der Waals surface area contributed by atoms with Gasteiger partial charge in [-0.25, -0.2) is 4.39 Å². The van der Waals surface area contributed by atoms with Crippen molar-refractivity contribution >= 4 is 11.6 Å². The van der Waals surface area contributed by atoms with Crippen molar-refractivity contribution < 1.29 is 4.39 Å². The lowest BCUT2D eigenvalue weighted by Crippen LogP contribution is -2.28. The third kappa shape index (κ3) is 6.21. The minimum Gasteiger partial charge on any atom is -0.271 e. The van der Waals surface area contributed by atoms with E-state index < -0.39 is 0 Å². The van der Waals surface area contributed by atoms with Gasteiger partial charge in [-0.2, -0.15) is 0 Å². The van der Waals surface area contributed by atoms with E-state index in [1.54, 1.807) is 12.1 Å². The van der Waals surface area contributed by atoms with E-state index in [0.29, 0.717) is 10.6 Å². The lowest BCUT2D eigenvalue weighted by atomic mass is 9.99. The molecule has 1 atom stereocenters. The second-order valence-electron chi connectivity index (χ2n) is 5.30. The number of unbranched alkanes of at least 4 members (excludes halogenated alkanes) is 6. The molecule has 0 amide bonds. The van der Waals surface area contributed by atoms with E-state index in [1.165, 1.54) is 44.6 Å². The fourth-order valence-corrected chi connectivity index (χ4v) is 2.60. The van der Waals surface area contributed by atoms with E-state index >= 15 is 0 Å². The van der Waals surface area contributed by atoms with E-state index in [9.17, 15) is 4.39 Å². The Kier molecular flexibility index (Phi) is 8.83. The molecule has 0 saturated carbocycles. The highest BCUT2D eigenvalue weighted by atomic mass is 35.5. The minimum atomic E-state index is -0.250. The molecule has 1 rings (SSSR count). The van der Waals surface area contributed by atoms with Crippen LogP contribution in [-0.2, 0) is 0 Å². The molecule has 0 saturated heterocycles. The highest BCUT2D eigenvalue weighted by Crippen LogP contribution is 2.25. The quantitative estimate of drug-likeness (QED) is 0.357. The lowest BCUT2D eigenvalue weighted by Gasteiger charge is -2.17. The van der Waals surface area contributed by atoms with Gasteiger partial charge in [-0.3, -0.25) is 11.3 Å². The van der Waals surface area contributed by atoms with Crippen molar-refractivity contribution in [2.24, 2.45) is 5.84 Å². The highest BCUT2D eigenvalue weighted by molar-refractivity contribution is 6.30. The average molecular weight is 301 g/mol. The van der Waals surface area contributed by atoms with Gasteiger partial charge in [0.25, 0.3) is 0 Å². The van der Waals surface area contributed by atoms with Gasteiger partial charge in [0.2, 0.25) is 0 Å². The summed E-state index contributed by atoms with van der Waals surface area (Å²) in [6.07, 6.45) is 9.50.